The molecule has 0 fully saturated rings. The Labute approximate surface area is 115 Å². The van der Waals surface area contributed by atoms with Gasteiger partial charge in [-0.2, -0.15) is 0 Å². The molecule has 0 rings (SSSR count). The van der Waals surface area contributed by atoms with Gasteiger partial charge in [0.2, 0.25) is 12.3 Å². The highest BCUT2D eigenvalue weighted by molar-refractivity contribution is 7.40. The van der Waals surface area contributed by atoms with E-state index < -0.39 is 8.60 Å². The van der Waals surface area contributed by atoms with Crippen molar-refractivity contribution in [1.82, 2.24) is 10.6 Å². The molecule has 0 spiro atoms. The molecule has 1 unspecified atom stereocenters. The molecular formula is C11H23N2O5P. The van der Waals surface area contributed by atoms with Gasteiger partial charge in [-0.05, 0) is 12.8 Å². The number of hydrogen-bond donors (Lipinski definition) is 3. The molecule has 0 aliphatic rings. The molecule has 0 aliphatic heterocycles. The molecule has 19 heavy (non-hydrogen) atoms. The van der Waals surface area contributed by atoms with E-state index in [1.807, 2.05) is 0 Å². The van der Waals surface area contributed by atoms with Crippen molar-refractivity contribution >= 4 is 20.9 Å². The van der Waals surface area contributed by atoms with Gasteiger partial charge in [-0.3, -0.25) is 9.59 Å². The van der Waals surface area contributed by atoms with E-state index in [9.17, 15) is 9.59 Å². The van der Waals surface area contributed by atoms with Gasteiger partial charge >= 0.3 is 8.60 Å². The lowest BCUT2D eigenvalue weighted by Gasteiger charge is -2.07. The Morgan fingerprint density at radius 2 is 2.00 bits per heavy atom. The zero-order chi connectivity index (χ0) is 14.3. The standard InChI is InChI=1S/C11H23N2O5P/c1-17-19(16)18-9-5-3-2-4-7-13-11(15)6-8-12-10-14/h10,16H,2-9H2,1H3,(H,12,14)(H,13,15). The molecular weight excluding hydrogens is 271 g/mol. The lowest BCUT2D eigenvalue weighted by Crippen LogP contribution is -2.27. The van der Waals surface area contributed by atoms with Crippen molar-refractivity contribution < 1.29 is 23.5 Å². The highest BCUT2D eigenvalue weighted by Gasteiger charge is 2.02. The van der Waals surface area contributed by atoms with E-state index in [0.29, 0.717) is 32.5 Å². The number of rotatable bonds is 13. The second-order valence-electron chi connectivity index (χ2n) is 3.84. The normalized spacial score (nSPS) is 11.9. The molecule has 0 aromatic carbocycles. The topological polar surface area (TPSA) is 96.9 Å². The minimum absolute atomic E-state index is 0.0521. The average Bonchev–Trinajstić information content (AvgIpc) is 2.41. The van der Waals surface area contributed by atoms with Crippen molar-refractivity contribution in [3.63, 3.8) is 0 Å². The summed E-state index contributed by atoms with van der Waals surface area (Å²) in [4.78, 5) is 30.2. The van der Waals surface area contributed by atoms with Crippen LogP contribution in [0.2, 0.25) is 0 Å². The molecule has 8 heteroatoms. The maximum Gasteiger partial charge on any atom is 0.329 e. The van der Waals surface area contributed by atoms with Crippen LogP contribution in [0.25, 0.3) is 0 Å². The van der Waals surface area contributed by atoms with E-state index in [0.717, 1.165) is 25.7 Å². The summed E-state index contributed by atoms with van der Waals surface area (Å²) in [6, 6.07) is 0. The number of nitrogens with one attached hydrogen (secondary N) is 2. The van der Waals surface area contributed by atoms with Crippen LogP contribution in [0, 0.1) is 0 Å². The minimum atomic E-state index is -1.71. The van der Waals surface area contributed by atoms with Crippen molar-refractivity contribution in [3.8, 4) is 0 Å². The Hall–Kier alpha value is -0.750. The molecule has 0 aliphatic carbocycles. The van der Waals surface area contributed by atoms with Gasteiger partial charge in [0.25, 0.3) is 0 Å². The predicted molar refractivity (Wildman–Crippen MR) is 72.3 cm³/mol. The first-order chi connectivity index (χ1) is 9.20. The fourth-order valence-electron chi connectivity index (χ4n) is 1.34. The number of hydrogen-bond acceptors (Lipinski definition) is 5. The zero-order valence-electron chi connectivity index (χ0n) is 11.3. The largest absolute Gasteiger partial charge is 0.358 e. The summed E-state index contributed by atoms with van der Waals surface area (Å²) < 4.78 is 9.57. The maximum atomic E-state index is 11.2. The monoisotopic (exact) mass is 294 g/mol. The average molecular weight is 294 g/mol. The van der Waals surface area contributed by atoms with Gasteiger partial charge in [0.05, 0.1) is 6.61 Å². The van der Waals surface area contributed by atoms with Crippen LogP contribution in [0.4, 0.5) is 0 Å². The fourth-order valence-corrected chi connectivity index (χ4v) is 1.73. The summed E-state index contributed by atoms with van der Waals surface area (Å²) in [5.74, 6) is -0.0521. The van der Waals surface area contributed by atoms with Gasteiger partial charge in [0, 0.05) is 26.6 Å². The van der Waals surface area contributed by atoms with E-state index in [-0.39, 0.29) is 5.91 Å². The Bertz CT molecular complexity index is 243. The Balaban J connectivity index is 3.17. The van der Waals surface area contributed by atoms with Crippen molar-refractivity contribution in [2.45, 2.75) is 32.1 Å². The molecule has 0 bridgehead atoms. The number of carbonyl (C=O) groups is 2. The molecule has 0 radical (unpaired) electrons. The van der Waals surface area contributed by atoms with Crippen LogP contribution < -0.4 is 10.6 Å². The Kier molecular flexibility index (Phi) is 13.1. The van der Waals surface area contributed by atoms with Gasteiger partial charge in [-0.15, -0.1) is 0 Å². The molecule has 112 valence electrons. The Morgan fingerprint density at radius 1 is 1.26 bits per heavy atom. The van der Waals surface area contributed by atoms with Crippen LogP contribution in [0.15, 0.2) is 0 Å². The van der Waals surface area contributed by atoms with Crippen LogP contribution >= 0.6 is 8.60 Å². The second-order valence-corrected chi connectivity index (χ2v) is 4.94. The van der Waals surface area contributed by atoms with Crippen LogP contribution in [-0.4, -0.2) is 44.0 Å². The summed E-state index contributed by atoms with van der Waals surface area (Å²) in [7, 11) is -0.308. The van der Waals surface area contributed by atoms with Gasteiger partial charge in [-0.1, -0.05) is 12.8 Å². The molecule has 7 nitrogen and oxygen atoms in total. The third-order valence-corrected chi connectivity index (χ3v) is 3.05. The molecule has 1 atom stereocenters. The summed E-state index contributed by atoms with van der Waals surface area (Å²) in [6.07, 6.45) is 4.63. The van der Waals surface area contributed by atoms with E-state index in [2.05, 4.69) is 15.2 Å². The SMILES string of the molecule is COP(O)OCCCCCCNC(=O)CCNC=O. The summed E-state index contributed by atoms with van der Waals surface area (Å²) in [5, 5.41) is 5.21. The number of carbonyl (C=O) groups excluding carboxylic acids is 2. The Morgan fingerprint density at radius 3 is 2.68 bits per heavy atom. The lowest BCUT2D eigenvalue weighted by molar-refractivity contribution is -0.121. The summed E-state index contributed by atoms with van der Waals surface area (Å²) in [6.45, 7) is 1.50. The van der Waals surface area contributed by atoms with E-state index in [4.69, 9.17) is 9.42 Å². The molecule has 2 amide bonds. The van der Waals surface area contributed by atoms with Gasteiger partial charge in [-0.25, -0.2) is 0 Å². The summed E-state index contributed by atoms with van der Waals surface area (Å²) in [5.41, 5.74) is 0. The van der Waals surface area contributed by atoms with Crippen LogP contribution in [0.1, 0.15) is 32.1 Å². The quantitative estimate of drug-likeness (QED) is 0.264. The van der Waals surface area contributed by atoms with Crippen molar-refractivity contribution in [3.05, 3.63) is 0 Å². The third-order valence-electron chi connectivity index (χ3n) is 2.33. The van der Waals surface area contributed by atoms with E-state index >= 15 is 0 Å². The first kappa shape index (κ1) is 18.2. The van der Waals surface area contributed by atoms with E-state index in [1.165, 1.54) is 7.11 Å². The molecule has 0 aromatic heterocycles. The maximum absolute atomic E-state index is 11.2. The predicted octanol–water partition coefficient (Wildman–Crippen LogP) is 0.681. The number of unbranched alkanes of at least 4 members (excludes halogenated alkanes) is 3. The van der Waals surface area contributed by atoms with Crippen LogP contribution in [-0.2, 0) is 18.6 Å². The number of amides is 2. The summed E-state index contributed by atoms with van der Waals surface area (Å²) >= 11 is 0. The van der Waals surface area contributed by atoms with Crippen molar-refractivity contribution in [2.24, 2.45) is 0 Å². The van der Waals surface area contributed by atoms with Crippen LogP contribution in [0.3, 0.4) is 0 Å². The van der Waals surface area contributed by atoms with Crippen molar-refractivity contribution in [1.29, 1.82) is 0 Å². The molecule has 0 aromatic rings. The first-order valence-corrected chi connectivity index (χ1v) is 7.43. The third kappa shape index (κ3) is 13.5. The molecule has 0 heterocycles. The lowest BCUT2D eigenvalue weighted by atomic mass is 10.2. The highest BCUT2D eigenvalue weighted by atomic mass is 31.2. The second kappa shape index (κ2) is 13.7. The zero-order valence-corrected chi connectivity index (χ0v) is 12.2. The highest BCUT2D eigenvalue weighted by Crippen LogP contribution is 2.31. The van der Waals surface area contributed by atoms with Crippen molar-refractivity contribution in [2.75, 3.05) is 26.8 Å². The van der Waals surface area contributed by atoms with Gasteiger partial charge < -0.3 is 24.6 Å². The minimum Gasteiger partial charge on any atom is -0.358 e. The van der Waals surface area contributed by atoms with Crippen LogP contribution in [0.5, 0.6) is 0 Å². The van der Waals surface area contributed by atoms with Gasteiger partial charge in [0.15, 0.2) is 0 Å². The molecule has 0 saturated heterocycles. The van der Waals surface area contributed by atoms with E-state index in [1.54, 1.807) is 0 Å². The molecule has 3 N–H and O–H groups in total. The first-order valence-electron chi connectivity index (χ1n) is 6.30. The molecule has 0 saturated carbocycles. The fraction of sp³-hybridized carbons (Fsp3) is 0.818. The smallest absolute Gasteiger partial charge is 0.329 e. The van der Waals surface area contributed by atoms with Gasteiger partial charge in [0.1, 0.15) is 0 Å².